The molecule has 116 valence electrons. The molecule has 1 amide bonds. The number of hydrogen-bond acceptors (Lipinski definition) is 4. The molecule has 0 radical (unpaired) electrons. The second-order valence-corrected chi connectivity index (χ2v) is 5.78. The zero-order valence-electron chi connectivity index (χ0n) is 12.4. The first-order valence-corrected chi connectivity index (χ1v) is 7.68. The average Bonchev–Trinajstić information content (AvgIpc) is 3.16. The van der Waals surface area contributed by atoms with Gasteiger partial charge in [-0.2, -0.15) is 5.10 Å². The number of benzene rings is 1. The van der Waals surface area contributed by atoms with Crippen molar-refractivity contribution in [3.8, 4) is 0 Å². The summed E-state index contributed by atoms with van der Waals surface area (Å²) in [7, 11) is 1.83. The predicted molar refractivity (Wildman–Crippen MR) is 84.9 cm³/mol. The molecule has 1 N–H and O–H groups in total. The van der Waals surface area contributed by atoms with Crippen molar-refractivity contribution in [2.75, 3.05) is 18.4 Å². The lowest BCUT2D eigenvalue weighted by Crippen LogP contribution is -2.28. The van der Waals surface area contributed by atoms with Crippen molar-refractivity contribution in [3.05, 3.63) is 40.9 Å². The van der Waals surface area contributed by atoms with Gasteiger partial charge in [-0.25, -0.2) is 4.98 Å². The van der Waals surface area contributed by atoms with E-state index in [-0.39, 0.29) is 5.91 Å². The van der Waals surface area contributed by atoms with Crippen molar-refractivity contribution < 1.29 is 4.79 Å². The molecule has 0 unspecified atom stereocenters. The van der Waals surface area contributed by atoms with E-state index in [1.807, 2.05) is 11.9 Å². The number of halogens is 1. The number of aromatic nitrogens is 3. The lowest BCUT2D eigenvalue weighted by atomic mass is 10.1. The zero-order valence-corrected chi connectivity index (χ0v) is 13.2. The fourth-order valence-corrected chi connectivity index (χ4v) is 2.77. The van der Waals surface area contributed by atoms with E-state index in [0.717, 1.165) is 37.4 Å². The Hall–Kier alpha value is -2.08. The molecule has 0 saturated carbocycles. The first-order valence-electron chi connectivity index (χ1n) is 7.31. The Morgan fingerprint density at radius 3 is 2.82 bits per heavy atom. The van der Waals surface area contributed by atoms with Crippen LogP contribution >= 0.6 is 11.6 Å². The van der Waals surface area contributed by atoms with Crippen molar-refractivity contribution in [1.29, 1.82) is 0 Å². The normalized spacial score (nSPS) is 14.4. The van der Waals surface area contributed by atoms with Crippen LogP contribution in [0.1, 0.15) is 29.0 Å². The van der Waals surface area contributed by atoms with Crippen molar-refractivity contribution in [2.24, 2.45) is 7.05 Å². The molecule has 1 aromatic heterocycles. The summed E-state index contributed by atoms with van der Waals surface area (Å²) in [5, 5.41) is 7.87. The molecule has 2 heterocycles. The highest BCUT2D eigenvalue weighted by Crippen LogP contribution is 2.24. The maximum absolute atomic E-state index is 12.6. The highest BCUT2D eigenvalue weighted by Gasteiger charge is 2.22. The maximum Gasteiger partial charge on any atom is 0.255 e. The van der Waals surface area contributed by atoms with Crippen LogP contribution in [-0.4, -0.2) is 38.7 Å². The van der Waals surface area contributed by atoms with E-state index in [1.54, 1.807) is 22.9 Å². The Balaban J connectivity index is 1.81. The molecule has 2 aromatic rings. The summed E-state index contributed by atoms with van der Waals surface area (Å²) in [4.78, 5) is 18.7. The van der Waals surface area contributed by atoms with Gasteiger partial charge in [-0.1, -0.05) is 11.6 Å². The molecule has 0 spiro atoms. The Morgan fingerprint density at radius 2 is 2.14 bits per heavy atom. The molecule has 1 fully saturated rings. The Bertz CT molecular complexity index is 678. The van der Waals surface area contributed by atoms with Gasteiger partial charge in [0.15, 0.2) is 0 Å². The zero-order chi connectivity index (χ0) is 15.5. The predicted octanol–water partition coefficient (Wildman–Crippen LogP) is 2.32. The van der Waals surface area contributed by atoms with Crippen LogP contribution in [0.3, 0.4) is 0 Å². The van der Waals surface area contributed by atoms with Crippen molar-refractivity contribution >= 4 is 23.2 Å². The van der Waals surface area contributed by atoms with Crippen molar-refractivity contribution in [1.82, 2.24) is 19.7 Å². The number of anilines is 1. The van der Waals surface area contributed by atoms with Crippen LogP contribution in [0.2, 0.25) is 5.02 Å². The molecule has 6 nitrogen and oxygen atoms in total. The molecule has 1 saturated heterocycles. The summed E-state index contributed by atoms with van der Waals surface area (Å²) in [6.45, 7) is 2.13. The van der Waals surface area contributed by atoms with Gasteiger partial charge < -0.3 is 10.2 Å². The third-order valence-electron chi connectivity index (χ3n) is 3.85. The number of nitrogens with one attached hydrogen (secondary N) is 1. The molecule has 22 heavy (non-hydrogen) atoms. The maximum atomic E-state index is 12.6. The van der Waals surface area contributed by atoms with Crippen LogP contribution in [-0.2, 0) is 13.6 Å². The van der Waals surface area contributed by atoms with Crippen LogP contribution in [0, 0.1) is 0 Å². The molecular weight excluding hydrogens is 302 g/mol. The highest BCUT2D eigenvalue weighted by molar-refractivity contribution is 6.31. The number of nitrogens with zero attached hydrogens (tertiary/aromatic N) is 4. The molecule has 1 aliphatic rings. The van der Waals surface area contributed by atoms with Gasteiger partial charge >= 0.3 is 0 Å². The van der Waals surface area contributed by atoms with Crippen LogP contribution in [0.15, 0.2) is 24.5 Å². The van der Waals surface area contributed by atoms with Crippen LogP contribution < -0.4 is 5.32 Å². The quantitative estimate of drug-likeness (QED) is 0.939. The van der Waals surface area contributed by atoms with Crippen molar-refractivity contribution in [2.45, 2.75) is 19.4 Å². The van der Waals surface area contributed by atoms with Gasteiger partial charge in [0.25, 0.3) is 5.91 Å². The number of rotatable bonds is 4. The van der Waals surface area contributed by atoms with E-state index in [0.29, 0.717) is 17.1 Å². The highest BCUT2D eigenvalue weighted by atomic mass is 35.5. The van der Waals surface area contributed by atoms with Gasteiger partial charge in [-0.15, -0.1) is 0 Å². The van der Waals surface area contributed by atoms with E-state index < -0.39 is 0 Å². The molecular formula is C15H18ClN5O. The van der Waals surface area contributed by atoms with E-state index in [9.17, 15) is 4.79 Å². The van der Waals surface area contributed by atoms with Crippen LogP contribution in [0.25, 0.3) is 0 Å². The molecule has 1 aromatic carbocycles. The number of carbonyl (C=O) groups is 1. The number of likely N-dealkylation sites (tertiary alicyclic amines) is 1. The number of hydrogen-bond donors (Lipinski definition) is 1. The molecule has 3 rings (SSSR count). The minimum atomic E-state index is 0.0506. The summed E-state index contributed by atoms with van der Waals surface area (Å²) in [5.41, 5.74) is 1.38. The third kappa shape index (κ3) is 3.06. The van der Waals surface area contributed by atoms with Crippen LogP contribution in [0.5, 0.6) is 0 Å². The van der Waals surface area contributed by atoms with E-state index in [1.165, 1.54) is 6.33 Å². The SMILES string of the molecule is Cn1ncnc1CNc1cc(Cl)ccc1C(=O)N1CCCC1. The van der Waals surface area contributed by atoms with E-state index >= 15 is 0 Å². The minimum Gasteiger partial charge on any atom is -0.377 e. The second kappa shape index (κ2) is 6.36. The topological polar surface area (TPSA) is 63.1 Å². The monoisotopic (exact) mass is 319 g/mol. The van der Waals surface area contributed by atoms with Gasteiger partial charge in [0.05, 0.1) is 12.1 Å². The fourth-order valence-electron chi connectivity index (χ4n) is 2.59. The first-order chi connectivity index (χ1) is 10.6. The minimum absolute atomic E-state index is 0.0506. The molecule has 0 aliphatic carbocycles. The summed E-state index contributed by atoms with van der Waals surface area (Å²) in [5.74, 6) is 0.842. The number of aryl methyl sites for hydroxylation is 1. The van der Waals surface area contributed by atoms with Gasteiger partial charge in [-0.05, 0) is 31.0 Å². The van der Waals surface area contributed by atoms with Gasteiger partial charge in [-0.3, -0.25) is 9.48 Å². The molecule has 7 heteroatoms. The standard InChI is InChI=1S/C15H18ClN5O/c1-20-14(18-10-19-20)9-17-13-8-11(16)4-5-12(13)15(22)21-6-2-3-7-21/h4-5,8,10,17H,2-3,6-7,9H2,1H3. The largest absolute Gasteiger partial charge is 0.377 e. The van der Waals surface area contributed by atoms with Crippen molar-refractivity contribution in [3.63, 3.8) is 0 Å². The summed E-state index contributed by atoms with van der Waals surface area (Å²) in [6.07, 6.45) is 3.65. The van der Waals surface area contributed by atoms with Crippen LogP contribution in [0.4, 0.5) is 5.69 Å². The van der Waals surface area contributed by atoms with Gasteiger partial charge in [0.1, 0.15) is 12.2 Å². The summed E-state index contributed by atoms with van der Waals surface area (Å²) in [6, 6.07) is 5.31. The molecule has 0 atom stereocenters. The van der Waals surface area contributed by atoms with Gasteiger partial charge in [0.2, 0.25) is 0 Å². The molecule has 1 aliphatic heterocycles. The Labute approximate surface area is 134 Å². The third-order valence-corrected chi connectivity index (χ3v) is 4.08. The Morgan fingerprint density at radius 1 is 1.36 bits per heavy atom. The first kappa shape index (κ1) is 14.8. The smallest absolute Gasteiger partial charge is 0.255 e. The number of carbonyl (C=O) groups excluding carboxylic acids is 1. The van der Waals surface area contributed by atoms with Gasteiger partial charge in [0, 0.05) is 30.8 Å². The Kier molecular flexibility index (Phi) is 4.29. The summed E-state index contributed by atoms with van der Waals surface area (Å²) < 4.78 is 1.69. The average molecular weight is 320 g/mol. The fraction of sp³-hybridized carbons (Fsp3) is 0.400. The second-order valence-electron chi connectivity index (χ2n) is 5.34. The molecule has 0 bridgehead atoms. The lowest BCUT2D eigenvalue weighted by Gasteiger charge is -2.18. The number of amides is 1. The van der Waals surface area contributed by atoms with E-state index in [2.05, 4.69) is 15.4 Å². The van der Waals surface area contributed by atoms with E-state index in [4.69, 9.17) is 11.6 Å². The lowest BCUT2D eigenvalue weighted by molar-refractivity contribution is 0.0793. The summed E-state index contributed by atoms with van der Waals surface area (Å²) >= 11 is 6.08.